The molecule has 0 fully saturated rings. The molecule has 72 heavy (non-hydrogen) atoms. The van der Waals surface area contributed by atoms with Gasteiger partial charge in [0.05, 0.1) is 0 Å². The molecule has 0 unspecified atom stereocenters. The van der Waals surface area contributed by atoms with Crippen LogP contribution in [0.25, 0.3) is 0 Å². The van der Waals surface area contributed by atoms with Crippen LogP contribution in [0.4, 0.5) is 0 Å². The molecule has 368 valence electrons. The molecule has 16 bridgehead atoms. The summed E-state index contributed by atoms with van der Waals surface area (Å²) < 4.78 is 5.42. The number of phenols is 8. The fourth-order valence-corrected chi connectivity index (χ4v) is 14.0. The van der Waals surface area contributed by atoms with Gasteiger partial charge in [0.15, 0.2) is 0 Å². The molecule has 0 aromatic heterocycles. The Hall–Kier alpha value is -4.00. The molecule has 0 atom stereocenters. The van der Waals surface area contributed by atoms with Crippen LogP contribution in [-0.4, -0.2) is 40.9 Å². The second kappa shape index (κ2) is 21.7. The van der Waals surface area contributed by atoms with Crippen LogP contribution >= 0.6 is 127 Å². The van der Waals surface area contributed by atoms with Crippen LogP contribution in [0.15, 0.2) is 133 Å². The van der Waals surface area contributed by atoms with E-state index >= 15 is 0 Å². The van der Waals surface area contributed by atoms with Crippen molar-refractivity contribution in [1.29, 1.82) is 0 Å². The van der Waals surface area contributed by atoms with Crippen molar-refractivity contribution in [2.45, 2.75) is 51.4 Å². The fourth-order valence-electron chi connectivity index (χ4n) is 9.54. The van der Waals surface area contributed by atoms with Crippen molar-refractivity contribution in [2.75, 3.05) is 0 Å². The van der Waals surface area contributed by atoms with Crippen molar-refractivity contribution in [3.8, 4) is 46.0 Å². The second-order valence-electron chi connectivity index (χ2n) is 18.0. The lowest BCUT2D eigenvalue weighted by molar-refractivity contribution is 0.452. The number of aromatic hydroxyl groups is 8. The molecule has 0 saturated heterocycles. The number of halogens is 8. The van der Waals surface area contributed by atoms with E-state index in [9.17, 15) is 40.9 Å². The van der Waals surface area contributed by atoms with Gasteiger partial charge in [0.1, 0.15) is 46.0 Å². The summed E-state index contributed by atoms with van der Waals surface area (Å²) in [6, 6.07) is 28.6. The van der Waals surface area contributed by atoms with E-state index in [1.54, 1.807) is 97.1 Å². The summed E-state index contributed by atoms with van der Waals surface area (Å²) in [4.78, 5) is 0. The average Bonchev–Trinajstić information content (AvgIpc) is 3.30. The molecule has 8 aromatic rings. The minimum absolute atomic E-state index is 0.00898. The third-order valence-electron chi connectivity index (χ3n) is 12.9. The highest BCUT2D eigenvalue weighted by atomic mass is 79.9. The summed E-state index contributed by atoms with van der Waals surface area (Å²) in [5.41, 5.74) is 8.31. The van der Waals surface area contributed by atoms with E-state index in [-0.39, 0.29) is 97.4 Å². The van der Waals surface area contributed by atoms with E-state index in [1.807, 2.05) is 0 Å². The van der Waals surface area contributed by atoms with Crippen molar-refractivity contribution in [3.63, 3.8) is 0 Å². The van der Waals surface area contributed by atoms with Crippen molar-refractivity contribution in [2.24, 2.45) is 0 Å². The van der Waals surface area contributed by atoms with E-state index in [1.165, 1.54) is 0 Å². The molecule has 0 saturated carbocycles. The Morgan fingerprint density at radius 1 is 0.167 bits per heavy atom. The van der Waals surface area contributed by atoms with Gasteiger partial charge >= 0.3 is 0 Å². The topological polar surface area (TPSA) is 162 Å². The standard InChI is InChI=1S/C56H40Br8O8/c57-41-9-25-1-26-10-42(58)12-28(50(26)66)3-30-14-44(60)16-32(52(30)68)5-34-18-46(62)20-36(54(34)70)7-38-22-48(64)24-40(56(38)72)8-39-23-47(63)21-37(55(39)71)6-35-19-45(61)17-33(53(35)69)4-31-15-43(59)13-29(51(31)67)2-27(11-41)49(25)65/h9-24,65-72H,1-8H2. The van der Waals surface area contributed by atoms with E-state index in [0.717, 1.165) is 0 Å². The van der Waals surface area contributed by atoms with Crippen LogP contribution in [-0.2, 0) is 51.4 Å². The smallest absolute Gasteiger partial charge is 0.122 e. The Labute approximate surface area is 482 Å². The molecule has 0 amide bonds. The Morgan fingerprint density at radius 3 is 0.306 bits per heavy atom. The normalized spacial score (nSPS) is 13.0. The Balaban J connectivity index is 1.18. The van der Waals surface area contributed by atoms with Crippen molar-refractivity contribution in [3.05, 3.63) is 222 Å². The lowest BCUT2D eigenvalue weighted by Gasteiger charge is -2.18. The molecular weight excluding hydrogens is 1440 g/mol. The van der Waals surface area contributed by atoms with Crippen molar-refractivity contribution >= 4 is 127 Å². The van der Waals surface area contributed by atoms with Gasteiger partial charge in [-0.05, 0) is 186 Å². The molecule has 8 nitrogen and oxygen atoms in total. The van der Waals surface area contributed by atoms with Crippen LogP contribution in [0.3, 0.4) is 0 Å². The van der Waals surface area contributed by atoms with Gasteiger partial charge in [-0.15, -0.1) is 0 Å². The van der Waals surface area contributed by atoms with Crippen LogP contribution in [0.2, 0.25) is 0 Å². The maximum atomic E-state index is 11.9. The number of benzene rings is 8. The minimum Gasteiger partial charge on any atom is -0.507 e. The molecule has 0 heterocycles. The molecule has 9 rings (SSSR count). The third kappa shape index (κ3) is 11.5. The summed E-state index contributed by atoms with van der Waals surface area (Å²) in [5, 5.41) is 95.0. The number of phenolic OH excluding ortho intramolecular Hbond substituents is 8. The van der Waals surface area contributed by atoms with Gasteiger partial charge < -0.3 is 40.9 Å². The van der Waals surface area contributed by atoms with Crippen molar-refractivity contribution < 1.29 is 40.9 Å². The lowest BCUT2D eigenvalue weighted by atomic mass is 9.91. The largest absolute Gasteiger partial charge is 0.507 e. The monoisotopic (exact) mass is 1470 g/mol. The first-order valence-corrected chi connectivity index (χ1v) is 28.5. The fraction of sp³-hybridized carbons (Fsp3) is 0.143. The van der Waals surface area contributed by atoms with E-state index in [4.69, 9.17) is 0 Å². The molecule has 16 heteroatoms. The zero-order chi connectivity index (χ0) is 51.4. The van der Waals surface area contributed by atoms with E-state index in [0.29, 0.717) is 125 Å². The number of hydrogen-bond donors (Lipinski definition) is 8. The lowest BCUT2D eigenvalue weighted by Crippen LogP contribution is -2.01. The number of hydrogen-bond acceptors (Lipinski definition) is 8. The number of rotatable bonds is 0. The van der Waals surface area contributed by atoms with Gasteiger partial charge in [-0.2, -0.15) is 0 Å². The van der Waals surface area contributed by atoms with Gasteiger partial charge in [-0.1, -0.05) is 127 Å². The van der Waals surface area contributed by atoms with Gasteiger partial charge in [0.25, 0.3) is 0 Å². The molecule has 0 spiro atoms. The highest BCUT2D eigenvalue weighted by Crippen LogP contribution is 2.44. The zero-order valence-corrected chi connectivity index (χ0v) is 50.2. The highest BCUT2D eigenvalue weighted by molar-refractivity contribution is 9.11. The van der Waals surface area contributed by atoms with Gasteiger partial charge in [-0.25, -0.2) is 0 Å². The molecule has 0 radical (unpaired) electrons. The number of fused-ring (bicyclic) bond motifs is 16. The maximum Gasteiger partial charge on any atom is 0.122 e. The second-order valence-corrected chi connectivity index (χ2v) is 25.3. The minimum atomic E-state index is -0.00898. The van der Waals surface area contributed by atoms with Gasteiger partial charge in [0.2, 0.25) is 0 Å². The predicted octanol–water partition coefficient (Wildman–Crippen LogP) is 16.5. The maximum absolute atomic E-state index is 11.9. The first kappa shape index (κ1) is 52.8. The summed E-state index contributed by atoms with van der Waals surface area (Å²) in [7, 11) is 0. The summed E-state index contributed by atoms with van der Waals surface area (Å²) >= 11 is 29.0. The Kier molecular flexibility index (Phi) is 15.9. The van der Waals surface area contributed by atoms with Gasteiger partial charge in [-0.3, -0.25) is 0 Å². The zero-order valence-electron chi connectivity index (χ0n) is 37.5. The van der Waals surface area contributed by atoms with E-state index < -0.39 is 0 Å². The summed E-state index contributed by atoms with van der Waals surface area (Å²) in [6.07, 6.45) is 1.07. The SMILES string of the molecule is Oc1c2cc(Br)cc1Cc1cc(Br)cc(c1O)Cc1cc(Br)cc(c1O)Cc1cc(Br)cc(c1O)Cc1cc(Br)cc(c1O)Cc1cc(Br)cc(c1O)Cc1cc(Br)cc(c1O)Cc1cc(Br)cc(c1O)C2. The highest BCUT2D eigenvalue weighted by Gasteiger charge is 2.24. The van der Waals surface area contributed by atoms with Crippen LogP contribution < -0.4 is 0 Å². The summed E-state index contributed by atoms with van der Waals surface area (Å²) in [6.45, 7) is 0. The molecule has 1 aliphatic rings. The van der Waals surface area contributed by atoms with Gasteiger partial charge in [0, 0.05) is 87.1 Å². The third-order valence-corrected chi connectivity index (χ3v) is 16.6. The average molecular weight is 1480 g/mol. The quantitative estimate of drug-likeness (QED) is 0.0744. The van der Waals surface area contributed by atoms with Crippen molar-refractivity contribution in [1.82, 2.24) is 0 Å². The Morgan fingerprint density at radius 2 is 0.236 bits per heavy atom. The Bertz CT molecular complexity index is 2650. The van der Waals surface area contributed by atoms with Crippen LogP contribution in [0, 0.1) is 0 Å². The van der Waals surface area contributed by atoms with Crippen LogP contribution in [0.5, 0.6) is 46.0 Å². The molecular formula is C56H40Br8O8. The molecule has 0 aliphatic heterocycles. The molecule has 8 N–H and O–H groups in total. The first-order valence-electron chi connectivity index (χ1n) is 22.2. The first-order chi connectivity index (χ1) is 34.2. The molecule has 1 aliphatic carbocycles. The van der Waals surface area contributed by atoms with Crippen LogP contribution in [0.1, 0.15) is 89.0 Å². The van der Waals surface area contributed by atoms with E-state index in [2.05, 4.69) is 127 Å². The predicted molar refractivity (Wildman–Crippen MR) is 309 cm³/mol. The molecule has 8 aromatic carbocycles. The summed E-state index contributed by atoms with van der Waals surface area (Å²) in [5.74, 6) is -0.0718.